The maximum Gasteiger partial charge on any atom is 0.255 e. The Labute approximate surface area is 182 Å². The van der Waals surface area contributed by atoms with Gasteiger partial charge in [-0.15, -0.1) is 5.10 Å². The molecule has 6 nitrogen and oxygen atoms in total. The molecule has 2 N–H and O–H groups in total. The lowest BCUT2D eigenvalue weighted by molar-refractivity contribution is -0.127. The smallest absolute Gasteiger partial charge is 0.255 e. The number of rotatable bonds is 7. The molecule has 0 spiro atoms. The zero-order valence-electron chi connectivity index (χ0n) is 17.4. The number of amides is 1. The molecule has 0 aromatic heterocycles. The van der Waals surface area contributed by atoms with Gasteiger partial charge in [0.2, 0.25) is 0 Å². The van der Waals surface area contributed by atoms with Gasteiger partial charge >= 0.3 is 0 Å². The van der Waals surface area contributed by atoms with Crippen LogP contribution in [0.2, 0.25) is 0 Å². The van der Waals surface area contributed by atoms with Gasteiger partial charge in [0.05, 0.1) is 6.61 Å². The van der Waals surface area contributed by atoms with Gasteiger partial charge in [-0.05, 0) is 24.3 Å². The molecule has 4 rings (SSSR count). The molecule has 0 saturated carbocycles. The zero-order chi connectivity index (χ0) is 20.9. The van der Waals surface area contributed by atoms with E-state index in [1.807, 2.05) is 60.5 Å². The summed E-state index contributed by atoms with van der Waals surface area (Å²) in [6, 6.07) is 15.5. The fourth-order valence-electron chi connectivity index (χ4n) is 3.85. The number of para-hydroxylation sites is 2. The van der Waals surface area contributed by atoms with Crippen molar-refractivity contribution in [3.63, 3.8) is 0 Å². The van der Waals surface area contributed by atoms with Crippen molar-refractivity contribution in [2.75, 3.05) is 17.7 Å². The lowest BCUT2D eigenvalue weighted by atomic mass is 9.97. The molecule has 2 atom stereocenters. The predicted octanol–water partition coefficient (Wildman–Crippen LogP) is 4.88. The van der Waals surface area contributed by atoms with Crippen molar-refractivity contribution in [3.05, 3.63) is 59.7 Å². The summed E-state index contributed by atoms with van der Waals surface area (Å²) in [5.74, 6) is 1.61. The molecule has 0 saturated heterocycles. The normalized spacial score (nSPS) is 19.9. The monoisotopic (exact) mass is 424 g/mol. The van der Waals surface area contributed by atoms with E-state index in [1.165, 1.54) is 11.8 Å². The van der Waals surface area contributed by atoms with Crippen LogP contribution in [0.25, 0.3) is 0 Å². The SMILES string of the molecule is CCCCCOc1ccccc1[C@@H]1Nc2ccccc2[C@H]2C(=O)NC(SCC)=NN21. The van der Waals surface area contributed by atoms with E-state index in [0.717, 1.165) is 47.6 Å². The van der Waals surface area contributed by atoms with Crippen molar-refractivity contribution in [1.82, 2.24) is 10.3 Å². The van der Waals surface area contributed by atoms with Gasteiger partial charge in [-0.25, -0.2) is 0 Å². The number of thioether (sulfide) groups is 1. The van der Waals surface area contributed by atoms with Crippen LogP contribution in [0.5, 0.6) is 5.75 Å². The van der Waals surface area contributed by atoms with Crippen LogP contribution in [-0.2, 0) is 4.79 Å². The van der Waals surface area contributed by atoms with Crippen molar-refractivity contribution in [1.29, 1.82) is 0 Å². The summed E-state index contributed by atoms with van der Waals surface area (Å²) in [4.78, 5) is 13.1. The molecular formula is C23H28N4O2S. The van der Waals surface area contributed by atoms with E-state index in [2.05, 4.69) is 17.6 Å². The number of hydrogen-bond donors (Lipinski definition) is 2. The van der Waals surface area contributed by atoms with Crippen molar-refractivity contribution in [3.8, 4) is 5.75 Å². The van der Waals surface area contributed by atoms with Crippen molar-refractivity contribution in [2.45, 2.75) is 45.3 Å². The Kier molecular flexibility index (Phi) is 6.47. The fraction of sp³-hybridized carbons (Fsp3) is 0.391. The lowest BCUT2D eigenvalue weighted by Gasteiger charge is -2.44. The third-order valence-electron chi connectivity index (χ3n) is 5.26. The standard InChI is InChI=1S/C23H28N4O2S/c1-3-5-10-15-29-19-14-9-7-12-17(19)21-24-18-13-8-6-11-16(18)20-22(28)25-23(30-4-2)26-27(20)21/h6-9,11-14,20-21,24H,3-5,10,15H2,1-2H3,(H,25,26,28)/t20-,21+/m0/s1. The highest BCUT2D eigenvalue weighted by molar-refractivity contribution is 8.13. The molecule has 7 heteroatoms. The average Bonchev–Trinajstić information content (AvgIpc) is 2.76. The van der Waals surface area contributed by atoms with Crippen LogP contribution >= 0.6 is 11.8 Å². The number of unbranched alkanes of at least 4 members (excludes halogenated alkanes) is 2. The fourth-order valence-corrected chi connectivity index (χ4v) is 4.44. The van der Waals surface area contributed by atoms with Gasteiger partial charge < -0.3 is 15.4 Å². The molecule has 2 aromatic rings. The zero-order valence-corrected chi connectivity index (χ0v) is 18.2. The molecule has 1 amide bonds. The topological polar surface area (TPSA) is 66.0 Å². The molecule has 158 valence electrons. The molecular weight excluding hydrogens is 396 g/mol. The van der Waals surface area contributed by atoms with Gasteiger partial charge in [0, 0.05) is 16.8 Å². The molecule has 2 heterocycles. The number of hydrogen-bond acceptors (Lipinski definition) is 6. The van der Waals surface area contributed by atoms with E-state index in [1.54, 1.807) is 0 Å². The van der Waals surface area contributed by atoms with E-state index >= 15 is 0 Å². The van der Waals surface area contributed by atoms with Gasteiger partial charge in [-0.2, -0.15) is 0 Å². The molecule has 0 fully saturated rings. The number of hydrazone groups is 1. The Bertz CT molecular complexity index is 933. The second-order valence-electron chi connectivity index (χ2n) is 7.34. The molecule has 0 unspecified atom stereocenters. The largest absolute Gasteiger partial charge is 0.493 e. The van der Waals surface area contributed by atoms with Crippen LogP contribution < -0.4 is 15.4 Å². The van der Waals surface area contributed by atoms with Crippen LogP contribution in [0.15, 0.2) is 53.6 Å². The van der Waals surface area contributed by atoms with E-state index in [4.69, 9.17) is 9.84 Å². The third-order valence-corrected chi connectivity index (χ3v) is 6.01. The minimum absolute atomic E-state index is 0.0544. The van der Waals surface area contributed by atoms with Crippen molar-refractivity contribution in [2.24, 2.45) is 5.10 Å². The first-order valence-corrected chi connectivity index (χ1v) is 11.6. The molecule has 2 aliphatic heterocycles. The van der Waals surface area contributed by atoms with Crippen LogP contribution in [0, 0.1) is 0 Å². The summed E-state index contributed by atoms with van der Waals surface area (Å²) >= 11 is 1.53. The number of fused-ring (bicyclic) bond motifs is 3. The number of amidine groups is 1. The first-order chi connectivity index (χ1) is 14.7. The number of nitrogens with one attached hydrogen (secondary N) is 2. The quantitative estimate of drug-likeness (QED) is 0.621. The van der Waals surface area contributed by atoms with Gasteiger partial charge in [0.1, 0.15) is 11.9 Å². The van der Waals surface area contributed by atoms with Crippen molar-refractivity contribution >= 4 is 28.5 Å². The third kappa shape index (κ3) is 4.12. The summed E-state index contributed by atoms with van der Waals surface area (Å²) in [5, 5.41) is 13.9. The lowest BCUT2D eigenvalue weighted by Crippen LogP contribution is -2.51. The number of ether oxygens (including phenoxy) is 1. The van der Waals surface area contributed by atoms with Crippen molar-refractivity contribution < 1.29 is 9.53 Å². The second-order valence-corrected chi connectivity index (χ2v) is 8.59. The van der Waals surface area contributed by atoms with Crippen LogP contribution in [0.3, 0.4) is 0 Å². The van der Waals surface area contributed by atoms with E-state index in [9.17, 15) is 4.79 Å². The number of carbonyl (C=O) groups is 1. The van der Waals surface area contributed by atoms with E-state index < -0.39 is 6.04 Å². The molecule has 30 heavy (non-hydrogen) atoms. The maximum atomic E-state index is 13.1. The average molecular weight is 425 g/mol. The summed E-state index contributed by atoms with van der Waals surface area (Å²) in [7, 11) is 0. The van der Waals surface area contributed by atoms with Gasteiger partial charge in [-0.3, -0.25) is 9.80 Å². The summed E-state index contributed by atoms with van der Waals surface area (Å²) < 4.78 is 6.14. The highest BCUT2D eigenvalue weighted by Gasteiger charge is 2.42. The highest BCUT2D eigenvalue weighted by Crippen LogP contribution is 2.44. The molecule has 2 aromatic carbocycles. The van der Waals surface area contributed by atoms with E-state index in [0.29, 0.717) is 11.8 Å². The Morgan fingerprint density at radius 2 is 1.83 bits per heavy atom. The summed E-state index contributed by atoms with van der Waals surface area (Å²) in [5.41, 5.74) is 2.85. The van der Waals surface area contributed by atoms with Gasteiger partial charge in [0.15, 0.2) is 11.2 Å². The molecule has 0 aliphatic carbocycles. The Hall–Kier alpha value is -2.67. The number of anilines is 1. The predicted molar refractivity (Wildman–Crippen MR) is 123 cm³/mol. The molecule has 0 bridgehead atoms. The molecule has 2 aliphatic rings. The molecule has 0 radical (unpaired) electrons. The Balaban J connectivity index is 1.72. The maximum absolute atomic E-state index is 13.1. The minimum Gasteiger partial charge on any atom is -0.493 e. The summed E-state index contributed by atoms with van der Waals surface area (Å²) in [6.45, 7) is 4.91. The highest BCUT2D eigenvalue weighted by atomic mass is 32.2. The minimum atomic E-state index is -0.484. The summed E-state index contributed by atoms with van der Waals surface area (Å²) in [6.07, 6.45) is 3.03. The number of carbonyl (C=O) groups excluding carboxylic acids is 1. The Morgan fingerprint density at radius 3 is 2.63 bits per heavy atom. The first kappa shape index (κ1) is 20.6. The number of nitrogens with zero attached hydrogens (tertiary/aromatic N) is 2. The van der Waals surface area contributed by atoms with E-state index in [-0.39, 0.29) is 12.1 Å². The van der Waals surface area contributed by atoms with Gasteiger partial charge in [-0.1, -0.05) is 74.8 Å². The Morgan fingerprint density at radius 1 is 1.07 bits per heavy atom. The van der Waals surface area contributed by atoms with Gasteiger partial charge in [0.25, 0.3) is 5.91 Å². The van der Waals surface area contributed by atoms with Crippen LogP contribution in [-0.4, -0.2) is 28.4 Å². The number of benzene rings is 2. The van der Waals surface area contributed by atoms with Crippen LogP contribution in [0.1, 0.15) is 56.4 Å². The second kappa shape index (κ2) is 9.43. The van der Waals surface area contributed by atoms with Crippen LogP contribution in [0.4, 0.5) is 5.69 Å². The first-order valence-electron chi connectivity index (χ1n) is 10.6.